The topological polar surface area (TPSA) is 60.7 Å². The van der Waals surface area contributed by atoms with Gasteiger partial charge < -0.3 is 10.6 Å². The standard InChI is InChI=1S/C12H16N4/c13-8-10-3-6-14-9-12(10)16-7-4-11-2-1-5-15-11/h3,6,9,11,15-16H,1-2,4-5,7H2/t11-/m0/s1. The van der Waals surface area contributed by atoms with Gasteiger partial charge in [-0.15, -0.1) is 0 Å². The third-order valence-corrected chi connectivity index (χ3v) is 2.91. The summed E-state index contributed by atoms with van der Waals surface area (Å²) in [4.78, 5) is 4.01. The van der Waals surface area contributed by atoms with E-state index in [2.05, 4.69) is 21.7 Å². The highest BCUT2D eigenvalue weighted by Gasteiger charge is 2.13. The van der Waals surface area contributed by atoms with Gasteiger partial charge in [0.2, 0.25) is 0 Å². The SMILES string of the molecule is N#Cc1ccncc1NCC[C@@H]1CCCN1. The molecule has 0 radical (unpaired) electrons. The van der Waals surface area contributed by atoms with Crippen LogP contribution in [-0.4, -0.2) is 24.1 Å². The first kappa shape index (κ1) is 10.9. The zero-order valence-electron chi connectivity index (χ0n) is 9.24. The summed E-state index contributed by atoms with van der Waals surface area (Å²) in [6.07, 6.45) is 6.99. The average Bonchev–Trinajstić information content (AvgIpc) is 2.83. The molecule has 84 valence electrons. The Morgan fingerprint density at radius 2 is 2.56 bits per heavy atom. The number of nitrogens with one attached hydrogen (secondary N) is 2. The molecule has 2 rings (SSSR count). The van der Waals surface area contributed by atoms with Crippen LogP contribution in [0.5, 0.6) is 0 Å². The number of nitriles is 1. The van der Waals surface area contributed by atoms with Gasteiger partial charge in [0.05, 0.1) is 17.4 Å². The number of hydrogen-bond donors (Lipinski definition) is 2. The maximum Gasteiger partial charge on any atom is 0.101 e. The molecule has 16 heavy (non-hydrogen) atoms. The van der Waals surface area contributed by atoms with Crippen LogP contribution in [0.3, 0.4) is 0 Å². The van der Waals surface area contributed by atoms with Gasteiger partial charge in [-0.2, -0.15) is 5.26 Å². The second kappa shape index (κ2) is 5.47. The monoisotopic (exact) mass is 216 g/mol. The van der Waals surface area contributed by atoms with Crippen molar-refractivity contribution in [3.63, 3.8) is 0 Å². The minimum absolute atomic E-state index is 0.634. The summed E-state index contributed by atoms with van der Waals surface area (Å²) in [6.45, 7) is 2.03. The Bertz CT molecular complexity index is 377. The Hall–Kier alpha value is -1.60. The largest absolute Gasteiger partial charge is 0.383 e. The summed E-state index contributed by atoms with van der Waals surface area (Å²) in [5, 5.41) is 15.6. The van der Waals surface area contributed by atoms with Crippen molar-refractivity contribution in [2.45, 2.75) is 25.3 Å². The quantitative estimate of drug-likeness (QED) is 0.801. The van der Waals surface area contributed by atoms with E-state index < -0.39 is 0 Å². The third kappa shape index (κ3) is 2.71. The van der Waals surface area contributed by atoms with Crippen LogP contribution in [0.2, 0.25) is 0 Å². The van der Waals surface area contributed by atoms with E-state index in [1.807, 2.05) is 0 Å². The van der Waals surface area contributed by atoms with Crippen molar-refractivity contribution in [2.24, 2.45) is 0 Å². The second-order valence-corrected chi connectivity index (χ2v) is 4.04. The van der Waals surface area contributed by atoms with E-state index >= 15 is 0 Å². The first-order valence-electron chi connectivity index (χ1n) is 5.71. The molecular formula is C12H16N4. The van der Waals surface area contributed by atoms with Crippen molar-refractivity contribution in [3.05, 3.63) is 24.0 Å². The van der Waals surface area contributed by atoms with Gasteiger partial charge in [0.1, 0.15) is 6.07 Å². The van der Waals surface area contributed by atoms with Crippen molar-refractivity contribution >= 4 is 5.69 Å². The molecule has 1 fully saturated rings. The fourth-order valence-electron chi connectivity index (χ4n) is 2.02. The van der Waals surface area contributed by atoms with Gasteiger partial charge in [-0.25, -0.2) is 0 Å². The summed E-state index contributed by atoms with van der Waals surface area (Å²) in [6, 6.07) is 4.52. The molecule has 0 unspecified atom stereocenters. The number of aromatic nitrogens is 1. The highest BCUT2D eigenvalue weighted by molar-refractivity contribution is 5.55. The van der Waals surface area contributed by atoms with Crippen LogP contribution >= 0.6 is 0 Å². The van der Waals surface area contributed by atoms with Crippen molar-refractivity contribution < 1.29 is 0 Å². The van der Waals surface area contributed by atoms with Gasteiger partial charge >= 0.3 is 0 Å². The zero-order chi connectivity index (χ0) is 11.2. The molecule has 0 spiro atoms. The highest BCUT2D eigenvalue weighted by Crippen LogP contribution is 2.13. The molecule has 2 heterocycles. The third-order valence-electron chi connectivity index (χ3n) is 2.91. The Morgan fingerprint density at radius 1 is 1.62 bits per heavy atom. The van der Waals surface area contributed by atoms with Gasteiger partial charge in [-0.3, -0.25) is 4.98 Å². The van der Waals surface area contributed by atoms with E-state index in [0.29, 0.717) is 11.6 Å². The zero-order valence-corrected chi connectivity index (χ0v) is 9.24. The number of nitrogens with zero attached hydrogens (tertiary/aromatic N) is 2. The molecular weight excluding hydrogens is 200 g/mol. The molecule has 4 heteroatoms. The molecule has 1 aliphatic rings. The molecule has 0 amide bonds. The lowest BCUT2D eigenvalue weighted by Gasteiger charge is -2.11. The fraction of sp³-hybridized carbons (Fsp3) is 0.500. The molecule has 4 nitrogen and oxygen atoms in total. The molecule has 0 saturated carbocycles. The Balaban J connectivity index is 1.82. The summed E-state index contributed by atoms with van der Waals surface area (Å²) >= 11 is 0. The van der Waals surface area contributed by atoms with E-state index in [0.717, 1.165) is 25.2 Å². The van der Waals surface area contributed by atoms with Crippen LogP contribution in [0, 0.1) is 11.3 Å². The maximum absolute atomic E-state index is 8.90. The van der Waals surface area contributed by atoms with Crippen LogP contribution in [0.25, 0.3) is 0 Å². The molecule has 1 aromatic heterocycles. The predicted molar refractivity (Wildman–Crippen MR) is 63.1 cm³/mol. The van der Waals surface area contributed by atoms with Crippen LogP contribution in [0.4, 0.5) is 5.69 Å². The molecule has 1 aliphatic heterocycles. The van der Waals surface area contributed by atoms with Gasteiger partial charge in [0.25, 0.3) is 0 Å². The van der Waals surface area contributed by atoms with E-state index in [9.17, 15) is 0 Å². The van der Waals surface area contributed by atoms with Gasteiger partial charge in [0, 0.05) is 18.8 Å². The van der Waals surface area contributed by atoms with Crippen LogP contribution < -0.4 is 10.6 Å². The molecule has 1 aromatic rings. The Kier molecular flexibility index (Phi) is 3.73. The van der Waals surface area contributed by atoms with E-state index in [1.165, 1.54) is 12.8 Å². The van der Waals surface area contributed by atoms with E-state index in [-0.39, 0.29) is 0 Å². The maximum atomic E-state index is 8.90. The van der Waals surface area contributed by atoms with E-state index in [4.69, 9.17) is 5.26 Å². The second-order valence-electron chi connectivity index (χ2n) is 4.04. The Morgan fingerprint density at radius 3 is 3.31 bits per heavy atom. The number of anilines is 1. The normalized spacial score (nSPS) is 19.3. The first-order chi connectivity index (χ1) is 7.90. The average molecular weight is 216 g/mol. The van der Waals surface area contributed by atoms with Crippen molar-refractivity contribution in [1.82, 2.24) is 10.3 Å². The van der Waals surface area contributed by atoms with Crippen LogP contribution in [0.15, 0.2) is 18.5 Å². The lowest BCUT2D eigenvalue weighted by molar-refractivity contribution is 0.574. The number of rotatable bonds is 4. The molecule has 0 aromatic carbocycles. The van der Waals surface area contributed by atoms with Crippen molar-refractivity contribution in [2.75, 3.05) is 18.4 Å². The lowest BCUT2D eigenvalue weighted by atomic mass is 10.1. The molecule has 1 atom stereocenters. The number of pyridine rings is 1. The predicted octanol–water partition coefficient (Wildman–Crippen LogP) is 1.51. The lowest BCUT2D eigenvalue weighted by Crippen LogP contribution is -2.24. The minimum atomic E-state index is 0.634. The van der Waals surface area contributed by atoms with Crippen molar-refractivity contribution in [3.8, 4) is 6.07 Å². The Labute approximate surface area is 95.7 Å². The fourth-order valence-corrected chi connectivity index (χ4v) is 2.02. The summed E-state index contributed by atoms with van der Waals surface area (Å²) in [5.41, 5.74) is 1.50. The molecule has 0 aliphatic carbocycles. The van der Waals surface area contributed by atoms with E-state index in [1.54, 1.807) is 18.5 Å². The van der Waals surface area contributed by atoms with Crippen LogP contribution in [-0.2, 0) is 0 Å². The van der Waals surface area contributed by atoms with Gasteiger partial charge in [0.15, 0.2) is 0 Å². The van der Waals surface area contributed by atoms with Crippen LogP contribution in [0.1, 0.15) is 24.8 Å². The van der Waals surface area contributed by atoms with Crippen molar-refractivity contribution in [1.29, 1.82) is 5.26 Å². The summed E-state index contributed by atoms with van der Waals surface area (Å²) in [7, 11) is 0. The minimum Gasteiger partial charge on any atom is -0.383 e. The van der Waals surface area contributed by atoms with Gasteiger partial charge in [-0.05, 0) is 31.9 Å². The van der Waals surface area contributed by atoms with Gasteiger partial charge in [-0.1, -0.05) is 0 Å². The highest BCUT2D eigenvalue weighted by atomic mass is 15.0. The summed E-state index contributed by atoms with van der Waals surface area (Å²) in [5.74, 6) is 0. The molecule has 1 saturated heterocycles. The smallest absolute Gasteiger partial charge is 0.101 e. The first-order valence-corrected chi connectivity index (χ1v) is 5.71. The molecule has 2 N–H and O–H groups in total. The molecule has 0 bridgehead atoms. The summed E-state index contributed by atoms with van der Waals surface area (Å²) < 4.78 is 0. The number of hydrogen-bond acceptors (Lipinski definition) is 4.